The molecule has 0 aliphatic carbocycles. The number of amides is 2. The van der Waals surface area contributed by atoms with Crippen molar-refractivity contribution in [3.05, 3.63) is 52.0 Å². The molecule has 5 nitrogen and oxygen atoms in total. The lowest BCUT2D eigenvalue weighted by atomic mass is 10.3. The van der Waals surface area contributed by atoms with Gasteiger partial charge in [-0.2, -0.15) is 0 Å². The van der Waals surface area contributed by atoms with Crippen LogP contribution in [0.25, 0.3) is 0 Å². The van der Waals surface area contributed by atoms with Crippen LogP contribution in [0.1, 0.15) is 12.8 Å². The molecule has 2 aromatic rings. The predicted octanol–water partition coefficient (Wildman–Crippen LogP) is 4.25. The van der Waals surface area contributed by atoms with Crippen LogP contribution in [0.15, 0.2) is 46.9 Å². The number of rotatable bonds is 5. The highest BCUT2D eigenvalue weighted by atomic mass is 79.9. The predicted molar refractivity (Wildman–Crippen MR) is 101 cm³/mol. The van der Waals surface area contributed by atoms with Crippen LogP contribution >= 0.6 is 27.5 Å². The zero-order valence-corrected chi connectivity index (χ0v) is 15.6. The van der Waals surface area contributed by atoms with Gasteiger partial charge in [0.25, 0.3) is 5.91 Å². The fourth-order valence-electron chi connectivity index (χ4n) is 2.57. The van der Waals surface area contributed by atoms with Crippen molar-refractivity contribution in [3.63, 3.8) is 0 Å². The lowest BCUT2D eigenvalue weighted by Gasteiger charge is -2.16. The summed E-state index contributed by atoms with van der Waals surface area (Å²) in [6, 6.07) is 12.4. The number of hydrogen-bond donors (Lipinski definition) is 1. The van der Waals surface area contributed by atoms with Crippen LogP contribution in [-0.2, 0) is 9.59 Å². The highest BCUT2D eigenvalue weighted by Crippen LogP contribution is 2.26. The zero-order valence-electron chi connectivity index (χ0n) is 13.3. The Morgan fingerprint density at radius 1 is 1.24 bits per heavy atom. The van der Waals surface area contributed by atoms with E-state index in [-0.39, 0.29) is 18.4 Å². The maximum absolute atomic E-state index is 12.0. The monoisotopic (exact) mass is 422 g/mol. The summed E-state index contributed by atoms with van der Waals surface area (Å²) < 4.78 is 6.32. The Bertz CT molecular complexity index is 795. The third-order valence-electron chi connectivity index (χ3n) is 3.80. The standard InChI is InChI=1S/C18H16BrClN2O3/c19-12-3-8-16(15(20)10-12)21-17(23)11-25-14-6-4-13(5-7-14)22-9-1-2-18(22)24/h3-8,10H,1-2,9,11H2,(H,21,23). The van der Waals surface area contributed by atoms with Gasteiger partial charge in [0.05, 0.1) is 10.7 Å². The normalized spacial score (nSPS) is 13.8. The van der Waals surface area contributed by atoms with Crippen LogP contribution in [-0.4, -0.2) is 25.0 Å². The van der Waals surface area contributed by atoms with Gasteiger partial charge in [-0.25, -0.2) is 0 Å². The number of ether oxygens (including phenoxy) is 1. The van der Waals surface area contributed by atoms with Gasteiger partial charge in [0.2, 0.25) is 5.91 Å². The highest BCUT2D eigenvalue weighted by molar-refractivity contribution is 9.10. The van der Waals surface area contributed by atoms with E-state index >= 15 is 0 Å². The maximum atomic E-state index is 12.0. The molecule has 0 saturated carbocycles. The third kappa shape index (κ3) is 4.52. The summed E-state index contributed by atoms with van der Waals surface area (Å²) in [4.78, 5) is 25.5. The number of halogens is 2. The largest absolute Gasteiger partial charge is 0.484 e. The molecule has 7 heteroatoms. The Morgan fingerprint density at radius 3 is 2.64 bits per heavy atom. The summed E-state index contributed by atoms with van der Waals surface area (Å²) >= 11 is 9.38. The molecule has 3 rings (SSSR count). The summed E-state index contributed by atoms with van der Waals surface area (Å²) in [7, 11) is 0. The zero-order chi connectivity index (χ0) is 17.8. The van der Waals surface area contributed by atoms with E-state index in [2.05, 4.69) is 21.2 Å². The van der Waals surface area contributed by atoms with Crippen molar-refractivity contribution >= 4 is 50.7 Å². The molecule has 25 heavy (non-hydrogen) atoms. The van der Waals surface area contributed by atoms with Crippen LogP contribution in [0.4, 0.5) is 11.4 Å². The van der Waals surface area contributed by atoms with Gasteiger partial charge in [0, 0.05) is 23.1 Å². The van der Waals surface area contributed by atoms with Crippen molar-refractivity contribution in [1.82, 2.24) is 0 Å². The third-order valence-corrected chi connectivity index (χ3v) is 4.60. The molecule has 0 spiro atoms. The van der Waals surface area contributed by atoms with Gasteiger partial charge in [-0.15, -0.1) is 0 Å². The van der Waals surface area contributed by atoms with E-state index in [1.54, 1.807) is 35.2 Å². The Kier molecular flexibility index (Phi) is 5.60. The van der Waals surface area contributed by atoms with Gasteiger partial charge in [0.15, 0.2) is 6.61 Å². The van der Waals surface area contributed by atoms with Gasteiger partial charge < -0.3 is 15.0 Å². The van der Waals surface area contributed by atoms with Gasteiger partial charge in [-0.3, -0.25) is 9.59 Å². The first kappa shape index (κ1) is 17.8. The number of anilines is 2. The average Bonchev–Trinajstić information content (AvgIpc) is 3.02. The first-order valence-corrected chi connectivity index (χ1v) is 8.98. The summed E-state index contributed by atoms with van der Waals surface area (Å²) in [5.41, 5.74) is 1.38. The molecule has 130 valence electrons. The smallest absolute Gasteiger partial charge is 0.262 e. The van der Waals surface area contributed by atoms with Crippen molar-refractivity contribution in [1.29, 1.82) is 0 Å². The summed E-state index contributed by atoms with van der Waals surface area (Å²) in [5.74, 6) is 0.398. The van der Waals surface area contributed by atoms with Crippen LogP contribution in [0.2, 0.25) is 5.02 Å². The van der Waals surface area contributed by atoms with Gasteiger partial charge >= 0.3 is 0 Å². The molecular weight excluding hydrogens is 408 g/mol. The number of hydrogen-bond acceptors (Lipinski definition) is 3. The van der Waals surface area contributed by atoms with Crippen LogP contribution in [0.5, 0.6) is 5.75 Å². The second-order valence-corrected chi connectivity index (χ2v) is 6.93. The maximum Gasteiger partial charge on any atom is 0.262 e. The van der Waals surface area contributed by atoms with Gasteiger partial charge in [-0.1, -0.05) is 27.5 Å². The van der Waals surface area contributed by atoms with E-state index in [0.717, 1.165) is 23.1 Å². The minimum Gasteiger partial charge on any atom is -0.484 e. The topological polar surface area (TPSA) is 58.6 Å². The second-order valence-electron chi connectivity index (χ2n) is 5.60. The number of carbonyl (C=O) groups is 2. The molecule has 1 saturated heterocycles. The van der Waals surface area contributed by atoms with Gasteiger partial charge in [-0.05, 0) is 48.9 Å². The molecule has 1 fully saturated rings. The molecule has 1 aliphatic rings. The SMILES string of the molecule is O=C(COc1ccc(N2CCCC2=O)cc1)Nc1ccc(Br)cc1Cl. The lowest BCUT2D eigenvalue weighted by molar-refractivity contribution is -0.118. The molecule has 0 aromatic heterocycles. The molecule has 2 amide bonds. The quantitative estimate of drug-likeness (QED) is 0.782. The molecule has 1 aliphatic heterocycles. The second kappa shape index (κ2) is 7.89. The molecule has 0 unspecified atom stereocenters. The molecule has 0 atom stereocenters. The average molecular weight is 424 g/mol. The van der Waals surface area contributed by atoms with Crippen LogP contribution in [0, 0.1) is 0 Å². The van der Waals surface area contributed by atoms with Gasteiger partial charge in [0.1, 0.15) is 5.75 Å². The first-order chi connectivity index (χ1) is 12.0. The van der Waals surface area contributed by atoms with Crippen LogP contribution < -0.4 is 15.0 Å². The van der Waals surface area contributed by atoms with Crippen LogP contribution in [0.3, 0.4) is 0 Å². The number of nitrogens with one attached hydrogen (secondary N) is 1. The Labute approximate surface area is 159 Å². The number of carbonyl (C=O) groups excluding carboxylic acids is 2. The first-order valence-electron chi connectivity index (χ1n) is 7.81. The minimum atomic E-state index is -0.303. The van der Waals surface area contributed by atoms with Crippen molar-refractivity contribution in [2.24, 2.45) is 0 Å². The van der Waals surface area contributed by atoms with Crippen molar-refractivity contribution in [2.75, 3.05) is 23.4 Å². The van der Waals surface area contributed by atoms with E-state index in [0.29, 0.717) is 22.9 Å². The molecule has 0 radical (unpaired) electrons. The molecule has 2 aromatic carbocycles. The number of nitrogens with zero attached hydrogens (tertiary/aromatic N) is 1. The van der Waals surface area contributed by atoms with E-state index in [9.17, 15) is 9.59 Å². The van der Waals surface area contributed by atoms with Crippen molar-refractivity contribution in [2.45, 2.75) is 12.8 Å². The van der Waals surface area contributed by atoms with E-state index in [1.807, 2.05) is 12.1 Å². The highest BCUT2D eigenvalue weighted by Gasteiger charge is 2.21. The summed E-state index contributed by atoms with van der Waals surface area (Å²) in [6.45, 7) is 0.615. The molecule has 0 bridgehead atoms. The Hall–Kier alpha value is -2.05. The van der Waals surface area contributed by atoms with Crippen molar-refractivity contribution < 1.29 is 14.3 Å². The molecule has 1 N–H and O–H groups in total. The lowest BCUT2D eigenvalue weighted by Crippen LogP contribution is -2.23. The minimum absolute atomic E-state index is 0.131. The summed E-state index contributed by atoms with van der Waals surface area (Å²) in [5, 5.41) is 3.15. The fourth-order valence-corrected chi connectivity index (χ4v) is 3.29. The fraction of sp³-hybridized carbons (Fsp3) is 0.222. The Balaban J connectivity index is 1.54. The number of benzene rings is 2. The van der Waals surface area contributed by atoms with E-state index in [4.69, 9.17) is 16.3 Å². The molecular formula is C18H16BrClN2O3. The van der Waals surface area contributed by atoms with E-state index < -0.39 is 0 Å². The van der Waals surface area contributed by atoms with Crippen molar-refractivity contribution in [3.8, 4) is 5.75 Å². The molecule has 1 heterocycles. The Morgan fingerprint density at radius 2 is 2.00 bits per heavy atom. The van der Waals surface area contributed by atoms with E-state index in [1.165, 1.54) is 0 Å². The summed E-state index contributed by atoms with van der Waals surface area (Å²) in [6.07, 6.45) is 1.48.